The van der Waals surface area contributed by atoms with Gasteiger partial charge < -0.3 is 4.90 Å². The number of aromatic nitrogens is 3. The number of nitrogens with one attached hydrogen (secondary N) is 1. The van der Waals surface area contributed by atoms with Crippen molar-refractivity contribution in [3.63, 3.8) is 0 Å². The molecule has 0 atom stereocenters. The zero-order chi connectivity index (χ0) is 14.2. The second-order valence-corrected chi connectivity index (χ2v) is 6.46. The molecule has 1 aliphatic heterocycles. The molecule has 0 amide bonds. The summed E-state index contributed by atoms with van der Waals surface area (Å²) in [6.07, 6.45) is 6.15. The molecule has 0 unspecified atom stereocenters. The summed E-state index contributed by atoms with van der Waals surface area (Å²) < 4.78 is 3.03. The van der Waals surface area contributed by atoms with Crippen LogP contribution in [0.2, 0.25) is 0 Å². The van der Waals surface area contributed by atoms with E-state index >= 15 is 0 Å². The highest BCUT2D eigenvalue weighted by molar-refractivity contribution is 7.71. The average molecular weight is 300 g/mol. The number of anilines is 1. The topological polar surface area (TPSA) is 36.9 Å². The highest BCUT2D eigenvalue weighted by Crippen LogP contribution is 2.33. The summed E-state index contributed by atoms with van der Waals surface area (Å²) in [5.74, 6) is 1.03. The largest absolute Gasteiger partial charge is 0.336 e. The van der Waals surface area contributed by atoms with Gasteiger partial charge in [0.05, 0.1) is 0 Å². The lowest BCUT2D eigenvalue weighted by Gasteiger charge is -2.30. The smallest absolute Gasteiger partial charge is 0.226 e. The summed E-state index contributed by atoms with van der Waals surface area (Å²) >= 11 is 5.47. The van der Waals surface area contributed by atoms with Gasteiger partial charge in [-0.1, -0.05) is 37.1 Å². The summed E-state index contributed by atoms with van der Waals surface area (Å²) in [6, 6.07) is 9.24. The Hall–Kier alpha value is -1.62. The maximum atomic E-state index is 5.47. The van der Waals surface area contributed by atoms with Gasteiger partial charge in [-0.3, -0.25) is 4.57 Å². The summed E-state index contributed by atoms with van der Waals surface area (Å²) in [6.45, 7) is 1.95. The van der Waals surface area contributed by atoms with E-state index in [-0.39, 0.29) is 0 Å². The predicted octanol–water partition coefficient (Wildman–Crippen LogP) is 3.62. The van der Waals surface area contributed by atoms with Gasteiger partial charge in [-0.15, -0.1) is 5.10 Å². The standard InChI is InChI=1S/C16H20N4S/c21-16-18-17-15(20(16)14-7-3-4-8-14)19-10-9-12-5-1-2-6-13(12)11-19/h1-2,5-6,14H,3-4,7-11H2,(H,18,21). The van der Waals surface area contributed by atoms with E-state index in [1.54, 1.807) is 0 Å². The van der Waals surface area contributed by atoms with Crippen LogP contribution in [-0.4, -0.2) is 21.3 Å². The van der Waals surface area contributed by atoms with Crippen LogP contribution in [0.5, 0.6) is 0 Å². The summed E-state index contributed by atoms with van der Waals surface area (Å²) in [5, 5.41) is 7.54. The number of hydrogen-bond donors (Lipinski definition) is 1. The van der Waals surface area contributed by atoms with Crippen LogP contribution in [0.15, 0.2) is 24.3 Å². The van der Waals surface area contributed by atoms with Gasteiger partial charge in [0.1, 0.15) is 0 Å². The summed E-state index contributed by atoms with van der Waals surface area (Å²) in [5.41, 5.74) is 2.88. The van der Waals surface area contributed by atoms with Crippen LogP contribution in [0.25, 0.3) is 0 Å². The molecule has 1 aromatic heterocycles. The molecular formula is C16H20N4S. The van der Waals surface area contributed by atoms with Crippen LogP contribution >= 0.6 is 12.2 Å². The molecule has 2 heterocycles. The first-order valence-electron chi connectivity index (χ1n) is 7.81. The van der Waals surface area contributed by atoms with Crippen LogP contribution in [0.1, 0.15) is 42.9 Å². The lowest BCUT2D eigenvalue weighted by molar-refractivity contribution is 0.503. The first kappa shape index (κ1) is 13.1. The molecule has 5 heteroatoms. The molecule has 0 spiro atoms. The number of fused-ring (bicyclic) bond motifs is 1. The quantitative estimate of drug-likeness (QED) is 0.861. The van der Waals surface area contributed by atoms with Crippen LogP contribution in [0, 0.1) is 4.77 Å². The van der Waals surface area contributed by atoms with Crippen molar-refractivity contribution < 1.29 is 0 Å². The Morgan fingerprint density at radius 1 is 1.14 bits per heavy atom. The highest BCUT2D eigenvalue weighted by Gasteiger charge is 2.26. The second kappa shape index (κ2) is 5.30. The van der Waals surface area contributed by atoms with Gasteiger partial charge in [0, 0.05) is 19.1 Å². The molecule has 4 rings (SSSR count). The Morgan fingerprint density at radius 3 is 2.71 bits per heavy atom. The van der Waals surface area contributed by atoms with Crippen LogP contribution in [0.4, 0.5) is 5.95 Å². The fourth-order valence-corrected chi connectivity index (χ4v) is 3.95. The van der Waals surface area contributed by atoms with Crippen molar-refractivity contribution in [1.82, 2.24) is 14.8 Å². The zero-order valence-corrected chi connectivity index (χ0v) is 12.9. The third-order valence-electron chi connectivity index (χ3n) is 4.79. The normalized spacial score (nSPS) is 19.0. The van der Waals surface area contributed by atoms with Gasteiger partial charge in [-0.25, -0.2) is 5.10 Å². The van der Waals surface area contributed by atoms with Gasteiger partial charge in [0.2, 0.25) is 5.95 Å². The summed E-state index contributed by atoms with van der Waals surface area (Å²) in [4.78, 5) is 2.37. The van der Waals surface area contributed by atoms with Crippen LogP contribution < -0.4 is 4.90 Å². The SMILES string of the molecule is S=c1[nH]nc(N2CCc3ccccc3C2)n1C1CCCC1. The molecule has 4 nitrogen and oxygen atoms in total. The number of hydrogen-bond acceptors (Lipinski definition) is 3. The zero-order valence-electron chi connectivity index (χ0n) is 12.1. The van der Waals surface area contributed by atoms with Gasteiger partial charge >= 0.3 is 0 Å². The first-order valence-corrected chi connectivity index (χ1v) is 8.22. The molecule has 0 radical (unpaired) electrons. The molecule has 1 aliphatic carbocycles. The van der Waals surface area contributed by atoms with Crippen molar-refractivity contribution >= 4 is 18.2 Å². The Balaban J connectivity index is 1.67. The molecule has 1 saturated carbocycles. The monoisotopic (exact) mass is 300 g/mol. The molecule has 110 valence electrons. The molecule has 1 aromatic carbocycles. The maximum absolute atomic E-state index is 5.47. The van der Waals surface area contributed by atoms with Crippen molar-refractivity contribution in [3.05, 3.63) is 40.2 Å². The van der Waals surface area contributed by atoms with Crippen molar-refractivity contribution in [3.8, 4) is 0 Å². The van der Waals surface area contributed by atoms with E-state index in [9.17, 15) is 0 Å². The van der Waals surface area contributed by atoms with Crippen molar-refractivity contribution in [2.24, 2.45) is 0 Å². The van der Waals surface area contributed by atoms with Gasteiger partial charge in [0.25, 0.3) is 0 Å². The molecule has 21 heavy (non-hydrogen) atoms. The maximum Gasteiger partial charge on any atom is 0.226 e. The third kappa shape index (κ3) is 2.29. The molecule has 1 N–H and O–H groups in total. The van der Waals surface area contributed by atoms with E-state index in [1.165, 1.54) is 36.8 Å². The van der Waals surface area contributed by atoms with E-state index in [1.807, 2.05) is 0 Å². The van der Waals surface area contributed by atoms with Gasteiger partial charge in [-0.05, 0) is 42.6 Å². The first-order chi connectivity index (χ1) is 10.3. The highest BCUT2D eigenvalue weighted by atomic mass is 32.1. The Bertz CT molecular complexity index is 696. The van der Waals surface area contributed by atoms with E-state index in [4.69, 9.17) is 12.2 Å². The van der Waals surface area contributed by atoms with E-state index in [0.717, 1.165) is 30.2 Å². The van der Waals surface area contributed by atoms with Gasteiger partial charge in [-0.2, -0.15) is 0 Å². The molecule has 1 fully saturated rings. The summed E-state index contributed by atoms with van der Waals surface area (Å²) in [7, 11) is 0. The minimum atomic E-state index is 0.531. The lowest BCUT2D eigenvalue weighted by atomic mass is 10.0. The van der Waals surface area contributed by atoms with Crippen molar-refractivity contribution in [2.75, 3.05) is 11.4 Å². The van der Waals surface area contributed by atoms with Crippen LogP contribution in [0.3, 0.4) is 0 Å². The van der Waals surface area contributed by atoms with Gasteiger partial charge in [0.15, 0.2) is 4.77 Å². The van der Waals surface area contributed by atoms with Crippen molar-refractivity contribution in [2.45, 2.75) is 44.7 Å². The third-order valence-corrected chi connectivity index (χ3v) is 5.08. The lowest BCUT2D eigenvalue weighted by Crippen LogP contribution is -2.33. The van der Waals surface area contributed by atoms with E-state index in [2.05, 4.69) is 43.9 Å². The number of benzene rings is 1. The van der Waals surface area contributed by atoms with E-state index in [0.29, 0.717) is 6.04 Å². The molecular weight excluding hydrogens is 280 g/mol. The molecule has 2 aromatic rings. The second-order valence-electron chi connectivity index (χ2n) is 6.08. The molecule has 0 bridgehead atoms. The Morgan fingerprint density at radius 2 is 1.90 bits per heavy atom. The van der Waals surface area contributed by atoms with E-state index < -0.39 is 0 Å². The Kier molecular flexibility index (Phi) is 3.30. The Labute approximate surface area is 129 Å². The molecule has 2 aliphatic rings. The fourth-order valence-electron chi connectivity index (χ4n) is 3.68. The fraction of sp³-hybridized carbons (Fsp3) is 0.500. The van der Waals surface area contributed by atoms with Crippen LogP contribution in [-0.2, 0) is 13.0 Å². The predicted molar refractivity (Wildman–Crippen MR) is 86.1 cm³/mol. The van der Waals surface area contributed by atoms with Crippen molar-refractivity contribution in [1.29, 1.82) is 0 Å². The average Bonchev–Trinajstić information content (AvgIpc) is 3.15. The number of nitrogens with zero attached hydrogens (tertiary/aromatic N) is 3. The number of aromatic amines is 1. The number of H-pyrrole nitrogens is 1. The minimum Gasteiger partial charge on any atom is -0.336 e. The molecule has 0 saturated heterocycles. The number of rotatable bonds is 2. The minimum absolute atomic E-state index is 0.531.